The third-order valence-corrected chi connectivity index (χ3v) is 10.5. The molecule has 1 aliphatic rings. The molecular formula is C39H45N3O6S. The predicted molar refractivity (Wildman–Crippen MR) is 191 cm³/mol. The molecule has 0 spiro atoms. The second-order valence-corrected chi connectivity index (χ2v) is 14.0. The van der Waals surface area contributed by atoms with Gasteiger partial charge in [0.2, 0.25) is 11.8 Å². The van der Waals surface area contributed by atoms with Crippen molar-refractivity contribution in [2.24, 2.45) is 0 Å². The van der Waals surface area contributed by atoms with Gasteiger partial charge in [-0.3, -0.25) is 13.9 Å². The number of ether oxygens (including phenoxy) is 2. The zero-order valence-corrected chi connectivity index (χ0v) is 29.0. The van der Waals surface area contributed by atoms with Gasteiger partial charge in [0.1, 0.15) is 24.1 Å². The van der Waals surface area contributed by atoms with Gasteiger partial charge in [-0.1, -0.05) is 92.1 Å². The summed E-state index contributed by atoms with van der Waals surface area (Å²) in [4.78, 5) is 30.7. The summed E-state index contributed by atoms with van der Waals surface area (Å²) < 4.78 is 41.1. The minimum absolute atomic E-state index is 0.0151. The molecule has 0 saturated heterocycles. The number of rotatable bonds is 15. The summed E-state index contributed by atoms with van der Waals surface area (Å²) >= 11 is 0. The molecule has 10 heteroatoms. The first-order valence-electron chi connectivity index (χ1n) is 16.9. The summed E-state index contributed by atoms with van der Waals surface area (Å²) in [5.41, 5.74) is 1.85. The number of amides is 2. The fourth-order valence-electron chi connectivity index (χ4n) is 6.24. The van der Waals surface area contributed by atoms with E-state index in [1.807, 2.05) is 61.5 Å². The van der Waals surface area contributed by atoms with Crippen LogP contribution in [0.3, 0.4) is 0 Å². The van der Waals surface area contributed by atoms with E-state index in [9.17, 15) is 18.0 Å². The Labute approximate surface area is 289 Å². The third-order valence-electron chi connectivity index (χ3n) is 8.75. The minimum atomic E-state index is -4.25. The number of anilines is 1. The van der Waals surface area contributed by atoms with Crippen LogP contribution >= 0.6 is 0 Å². The molecule has 0 radical (unpaired) electrons. The highest BCUT2D eigenvalue weighted by Crippen LogP contribution is 2.33. The van der Waals surface area contributed by atoms with Crippen LogP contribution in [0.2, 0.25) is 0 Å². The smallest absolute Gasteiger partial charge is 0.264 e. The summed E-state index contributed by atoms with van der Waals surface area (Å²) in [5.74, 6) is 0.134. The summed E-state index contributed by atoms with van der Waals surface area (Å²) in [6.07, 6.45) is 5.21. The zero-order valence-electron chi connectivity index (χ0n) is 28.2. The maximum atomic E-state index is 14.8. The number of carbonyl (C=O) groups is 2. The van der Waals surface area contributed by atoms with Crippen LogP contribution in [0.5, 0.6) is 11.5 Å². The van der Waals surface area contributed by atoms with Gasteiger partial charge in [-0.15, -0.1) is 0 Å². The fourth-order valence-corrected chi connectivity index (χ4v) is 7.69. The van der Waals surface area contributed by atoms with Crippen molar-refractivity contribution in [1.82, 2.24) is 10.2 Å². The molecule has 49 heavy (non-hydrogen) atoms. The van der Waals surface area contributed by atoms with Gasteiger partial charge in [0.05, 0.1) is 24.3 Å². The molecule has 5 rings (SSSR count). The molecule has 4 aromatic carbocycles. The van der Waals surface area contributed by atoms with E-state index >= 15 is 0 Å². The van der Waals surface area contributed by atoms with Crippen LogP contribution in [0.4, 0.5) is 5.69 Å². The first kappa shape index (κ1) is 35.5. The lowest BCUT2D eigenvalue weighted by molar-refractivity contribution is -0.140. The van der Waals surface area contributed by atoms with Crippen molar-refractivity contribution in [2.75, 3.05) is 24.6 Å². The molecule has 1 aliphatic carbocycles. The molecular weight excluding hydrogens is 639 g/mol. The van der Waals surface area contributed by atoms with Gasteiger partial charge in [-0.05, 0) is 67.3 Å². The Morgan fingerprint density at radius 1 is 0.837 bits per heavy atom. The molecule has 4 aromatic rings. The topological polar surface area (TPSA) is 105 Å². The molecule has 0 aliphatic heterocycles. The summed E-state index contributed by atoms with van der Waals surface area (Å²) in [6, 6.07) is 30.8. The number of methoxy groups -OCH3 is 1. The van der Waals surface area contributed by atoms with Gasteiger partial charge >= 0.3 is 0 Å². The van der Waals surface area contributed by atoms with E-state index in [0.717, 1.165) is 47.5 Å². The molecule has 0 heterocycles. The quantitative estimate of drug-likeness (QED) is 0.156. The fraction of sp³-hybridized carbons (Fsp3) is 0.333. The van der Waals surface area contributed by atoms with Crippen LogP contribution in [0, 0.1) is 0 Å². The van der Waals surface area contributed by atoms with Crippen LogP contribution < -0.4 is 19.1 Å². The highest BCUT2D eigenvalue weighted by molar-refractivity contribution is 7.92. The van der Waals surface area contributed by atoms with E-state index < -0.39 is 28.5 Å². The van der Waals surface area contributed by atoms with Crippen LogP contribution in [-0.2, 0) is 32.6 Å². The van der Waals surface area contributed by atoms with Crippen molar-refractivity contribution in [3.8, 4) is 11.5 Å². The predicted octanol–water partition coefficient (Wildman–Crippen LogP) is 6.38. The number of nitrogens with one attached hydrogen (secondary N) is 1. The second kappa shape index (κ2) is 17.0. The molecule has 1 saturated carbocycles. The van der Waals surface area contributed by atoms with Crippen LogP contribution in [-0.4, -0.2) is 57.5 Å². The maximum Gasteiger partial charge on any atom is 0.264 e. The number of hydrogen-bond donors (Lipinski definition) is 1. The van der Waals surface area contributed by atoms with E-state index in [1.54, 1.807) is 49.6 Å². The Hall–Kier alpha value is -4.83. The number of para-hydroxylation sites is 2. The van der Waals surface area contributed by atoms with Crippen molar-refractivity contribution in [3.05, 3.63) is 120 Å². The van der Waals surface area contributed by atoms with Gasteiger partial charge in [-0.2, -0.15) is 0 Å². The Bertz CT molecular complexity index is 1780. The van der Waals surface area contributed by atoms with E-state index in [2.05, 4.69) is 5.32 Å². The van der Waals surface area contributed by atoms with Crippen LogP contribution in [0.1, 0.15) is 50.2 Å². The summed E-state index contributed by atoms with van der Waals surface area (Å²) in [5, 5.41) is 3.24. The van der Waals surface area contributed by atoms with Gasteiger partial charge in [0, 0.05) is 19.0 Å². The Balaban J connectivity index is 1.59. The van der Waals surface area contributed by atoms with Gasteiger partial charge in [0.15, 0.2) is 0 Å². The van der Waals surface area contributed by atoms with Crippen molar-refractivity contribution >= 4 is 27.5 Å². The standard InChI is InChI=1S/C39H45N3O6S/c1-3-48-37-25-14-13-24-35(37)42(49(45,46)34-22-11-6-12-23-34)29-38(43)41(28-31-18-15-21-33(26-31)47-2)36(27-30-16-7-4-8-17-30)39(44)40-32-19-9-5-10-20-32/h4,6-8,11-18,21-26,32,36H,3,5,9-10,19-20,27-29H2,1-2H3,(H,40,44)/t36-/m1/s1. The Kier molecular flexibility index (Phi) is 12.3. The number of carbonyl (C=O) groups excluding carboxylic acids is 2. The normalized spacial score (nSPS) is 14.0. The average molecular weight is 684 g/mol. The Morgan fingerprint density at radius 2 is 1.49 bits per heavy atom. The SMILES string of the molecule is CCOc1ccccc1N(CC(=O)N(Cc1cccc(OC)c1)[C@H](Cc1ccccc1)C(=O)NC1CCCCC1)S(=O)(=O)c1ccccc1. The van der Waals surface area contributed by atoms with E-state index in [1.165, 1.54) is 17.0 Å². The molecule has 0 aromatic heterocycles. The molecule has 1 fully saturated rings. The number of nitrogens with zero attached hydrogens (tertiary/aromatic N) is 2. The average Bonchev–Trinajstić information content (AvgIpc) is 3.13. The number of sulfonamides is 1. The molecule has 2 amide bonds. The van der Waals surface area contributed by atoms with E-state index in [4.69, 9.17) is 9.47 Å². The molecule has 0 bridgehead atoms. The van der Waals surface area contributed by atoms with E-state index in [0.29, 0.717) is 18.1 Å². The van der Waals surface area contributed by atoms with Gasteiger partial charge in [0.25, 0.3) is 10.0 Å². The van der Waals surface area contributed by atoms with Crippen molar-refractivity contribution in [3.63, 3.8) is 0 Å². The van der Waals surface area contributed by atoms with Gasteiger partial charge < -0.3 is 19.7 Å². The number of hydrogen-bond acceptors (Lipinski definition) is 6. The first-order chi connectivity index (χ1) is 23.8. The monoisotopic (exact) mass is 683 g/mol. The third kappa shape index (κ3) is 9.20. The van der Waals surface area contributed by atoms with Crippen molar-refractivity contribution in [1.29, 1.82) is 0 Å². The first-order valence-corrected chi connectivity index (χ1v) is 18.3. The van der Waals surface area contributed by atoms with Gasteiger partial charge in [-0.25, -0.2) is 8.42 Å². The summed E-state index contributed by atoms with van der Waals surface area (Å²) in [6.45, 7) is 1.60. The number of benzene rings is 4. The second-order valence-electron chi connectivity index (χ2n) is 12.1. The van der Waals surface area contributed by atoms with Crippen LogP contribution in [0.25, 0.3) is 0 Å². The molecule has 9 nitrogen and oxygen atoms in total. The molecule has 0 unspecified atom stereocenters. The summed E-state index contributed by atoms with van der Waals surface area (Å²) in [7, 11) is -2.68. The lowest BCUT2D eigenvalue weighted by atomic mass is 9.94. The van der Waals surface area contributed by atoms with Crippen LogP contribution in [0.15, 0.2) is 114 Å². The minimum Gasteiger partial charge on any atom is -0.497 e. The molecule has 1 atom stereocenters. The highest BCUT2D eigenvalue weighted by atomic mass is 32.2. The Morgan fingerprint density at radius 3 is 2.18 bits per heavy atom. The highest BCUT2D eigenvalue weighted by Gasteiger charge is 2.36. The maximum absolute atomic E-state index is 14.8. The largest absolute Gasteiger partial charge is 0.497 e. The van der Waals surface area contributed by atoms with Crippen molar-refractivity contribution in [2.45, 2.75) is 69.0 Å². The molecule has 1 N–H and O–H groups in total. The lowest BCUT2D eigenvalue weighted by Crippen LogP contribution is -2.55. The van der Waals surface area contributed by atoms with Crippen molar-refractivity contribution < 1.29 is 27.5 Å². The molecule has 258 valence electrons. The lowest BCUT2D eigenvalue weighted by Gasteiger charge is -2.35. The van der Waals surface area contributed by atoms with E-state index in [-0.39, 0.29) is 35.5 Å². The zero-order chi connectivity index (χ0) is 34.6.